The average Bonchev–Trinajstić information content (AvgIpc) is 3.19. The predicted octanol–water partition coefficient (Wildman–Crippen LogP) is 2.54. The molecule has 2 rings (SSSR count). The van der Waals surface area contributed by atoms with Crippen molar-refractivity contribution in [3.05, 3.63) is 35.5 Å². The minimum atomic E-state index is -0.679. The molecule has 1 amide bonds. The Morgan fingerprint density at radius 3 is 2.60 bits per heavy atom. The highest BCUT2D eigenvalue weighted by atomic mass is 16.5. The maximum atomic E-state index is 11.7. The van der Waals surface area contributed by atoms with Gasteiger partial charge in [-0.2, -0.15) is 0 Å². The predicted molar refractivity (Wildman–Crippen MR) is 86.3 cm³/mol. The number of rotatable bonds is 6. The molecule has 0 atom stereocenters. The minimum absolute atomic E-state index is 0.00782. The summed E-state index contributed by atoms with van der Waals surface area (Å²) >= 11 is 0. The van der Waals surface area contributed by atoms with Crippen LogP contribution in [0.2, 0.25) is 0 Å². The first kappa shape index (κ1) is 18.0. The molecule has 0 saturated heterocycles. The lowest BCUT2D eigenvalue weighted by atomic mass is 10.4. The molecule has 9 heteroatoms. The molecule has 0 aliphatic rings. The average molecular weight is 348 g/mol. The van der Waals surface area contributed by atoms with E-state index in [1.54, 1.807) is 6.92 Å². The third kappa shape index (κ3) is 4.56. The molecule has 2 aromatic heterocycles. The fraction of sp³-hybridized carbons (Fsp3) is 0.250. The SMILES string of the molecule is CCOC(=O)c1cc(N=Cc2ccc(C(=O)OC)o2)c(NC(C)=O)o1. The van der Waals surface area contributed by atoms with Gasteiger partial charge in [-0.1, -0.05) is 0 Å². The lowest BCUT2D eigenvalue weighted by Crippen LogP contribution is -2.05. The molecule has 0 fully saturated rings. The minimum Gasteiger partial charge on any atom is -0.463 e. The normalized spacial score (nSPS) is 10.7. The molecule has 2 heterocycles. The molecule has 0 saturated carbocycles. The summed E-state index contributed by atoms with van der Waals surface area (Å²) in [4.78, 5) is 38.4. The van der Waals surface area contributed by atoms with E-state index in [9.17, 15) is 14.4 Å². The van der Waals surface area contributed by atoms with E-state index >= 15 is 0 Å². The number of carbonyl (C=O) groups is 3. The van der Waals surface area contributed by atoms with Crippen molar-refractivity contribution < 1.29 is 32.7 Å². The Morgan fingerprint density at radius 1 is 1.20 bits per heavy atom. The van der Waals surface area contributed by atoms with Gasteiger partial charge in [-0.3, -0.25) is 10.1 Å². The first-order chi connectivity index (χ1) is 11.9. The summed E-state index contributed by atoms with van der Waals surface area (Å²) in [5.41, 5.74) is 0.189. The number of nitrogens with one attached hydrogen (secondary N) is 1. The van der Waals surface area contributed by atoms with E-state index in [2.05, 4.69) is 15.0 Å². The van der Waals surface area contributed by atoms with Gasteiger partial charge in [-0.25, -0.2) is 14.6 Å². The third-order valence-corrected chi connectivity index (χ3v) is 2.82. The number of furan rings is 2. The number of esters is 2. The molecule has 0 radical (unpaired) electrons. The van der Waals surface area contributed by atoms with Gasteiger partial charge in [0.2, 0.25) is 23.3 Å². The summed E-state index contributed by atoms with van der Waals surface area (Å²) in [6, 6.07) is 4.27. The van der Waals surface area contributed by atoms with Crippen LogP contribution in [-0.4, -0.2) is 37.8 Å². The van der Waals surface area contributed by atoms with E-state index < -0.39 is 17.8 Å². The van der Waals surface area contributed by atoms with Gasteiger partial charge >= 0.3 is 11.9 Å². The van der Waals surface area contributed by atoms with Crippen LogP contribution in [-0.2, 0) is 14.3 Å². The van der Waals surface area contributed by atoms with Crippen molar-refractivity contribution >= 4 is 35.6 Å². The smallest absolute Gasteiger partial charge is 0.374 e. The molecule has 0 aliphatic heterocycles. The maximum Gasteiger partial charge on any atom is 0.374 e. The molecule has 0 unspecified atom stereocenters. The van der Waals surface area contributed by atoms with Gasteiger partial charge < -0.3 is 18.3 Å². The van der Waals surface area contributed by atoms with Crippen molar-refractivity contribution in [1.29, 1.82) is 0 Å². The number of ether oxygens (including phenoxy) is 2. The topological polar surface area (TPSA) is 120 Å². The number of nitrogens with zero attached hydrogens (tertiary/aromatic N) is 1. The van der Waals surface area contributed by atoms with Crippen molar-refractivity contribution in [3.8, 4) is 0 Å². The van der Waals surface area contributed by atoms with Crippen LogP contribution < -0.4 is 5.32 Å². The van der Waals surface area contributed by atoms with Crippen LogP contribution in [0.25, 0.3) is 0 Å². The van der Waals surface area contributed by atoms with Gasteiger partial charge in [0, 0.05) is 13.0 Å². The van der Waals surface area contributed by atoms with E-state index in [1.165, 1.54) is 38.4 Å². The quantitative estimate of drug-likeness (QED) is 0.629. The molecule has 25 heavy (non-hydrogen) atoms. The van der Waals surface area contributed by atoms with E-state index in [4.69, 9.17) is 13.6 Å². The Morgan fingerprint density at radius 2 is 1.96 bits per heavy atom. The van der Waals surface area contributed by atoms with Crippen LogP contribution in [0.3, 0.4) is 0 Å². The molecular formula is C16H16N2O7. The van der Waals surface area contributed by atoms with Gasteiger partial charge in [0.25, 0.3) is 0 Å². The van der Waals surface area contributed by atoms with Gasteiger partial charge in [0.15, 0.2) is 0 Å². The Kier molecular flexibility index (Phi) is 5.72. The monoisotopic (exact) mass is 348 g/mol. The highest BCUT2D eigenvalue weighted by molar-refractivity contribution is 5.95. The summed E-state index contributed by atoms with van der Waals surface area (Å²) in [7, 11) is 1.24. The van der Waals surface area contributed by atoms with Gasteiger partial charge in [0.05, 0.1) is 19.9 Å². The van der Waals surface area contributed by atoms with Crippen LogP contribution in [0.5, 0.6) is 0 Å². The standard InChI is InChI=1S/C16H16N2O7/c1-4-23-16(21)13-7-11(14(25-13)18-9(2)19)17-8-10-5-6-12(24-10)15(20)22-3/h5-8H,4H2,1-3H3,(H,18,19). The first-order valence-corrected chi connectivity index (χ1v) is 7.25. The highest BCUT2D eigenvalue weighted by Crippen LogP contribution is 2.30. The summed E-state index contributed by atoms with van der Waals surface area (Å²) in [5, 5.41) is 2.43. The van der Waals surface area contributed by atoms with Crippen LogP contribution in [0.15, 0.2) is 32.0 Å². The fourth-order valence-electron chi connectivity index (χ4n) is 1.80. The zero-order valence-corrected chi connectivity index (χ0v) is 13.8. The largest absolute Gasteiger partial charge is 0.463 e. The van der Waals surface area contributed by atoms with Crippen LogP contribution in [0.1, 0.15) is 40.7 Å². The number of anilines is 1. The van der Waals surface area contributed by atoms with Crippen molar-refractivity contribution in [3.63, 3.8) is 0 Å². The summed E-state index contributed by atoms with van der Waals surface area (Å²) in [6.07, 6.45) is 1.30. The van der Waals surface area contributed by atoms with E-state index in [0.717, 1.165) is 0 Å². The highest BCUT2D eigenvalue weighted by Gasteiger charge is 2.18. The number of methoxy groups -OCH3 is 1. The Labute approximate surface area is 142 Å². The first-order valence-electron chi connectivity index (χ1n) is 7.25. The summed E-state index contributed by atoms with van der Waals surface area (Å²) < 4.78 is 19.9. The van der Waals surface area contributed by atoms with Crippen molar-refractivity contribution in [2.75, 3.05) is 19.0 Å². The second-order valence-electron chi connectivity index (χ2n) is 4.68. The van der Waals surface area contributed by atoms with Crippen LogP contribution in [0, 0.1) is 0 Å². The lowest BCUT2D eigenvalue weighted by molar-refractivity contribution is -0.114. The molecule has 1 N–H and O–H groups in total. The zero-order chi connectivity index (χ0) is 18.4. The molecule has 0 spiro atoms. The molecule has 0 bridgehead atoms. The maximum absolute atomic E-state index is 11.7. The molecule has 2 aromatic rings. The van der Waals surface area contributed by atoms with Gasteiger partial charge in [-0.15, -0.1) is 0 Å². The molecule has 0 aromatic carbocycles. The van der Waals surface area contributed by atoms with E-state index in [0.29, 0.717) is 0 Å². The van der Waals surface area contributed by atoms with Gasteiger partial charge in [0.1, 0.15) is 11.4 Å². The molecule has 9 nitrogen and oxygen atoms in total. The Balaban J connectivity index is 2.26. The third-order valence-electron chi connectivity index (χ3n) is 2.82. The number of hydrogen-bond donors (Lipinski definition) is 1. The Hall–Kier alpha value is -3.36. The number of carbonyl (C=O) groups excluding carboxylic acids is 3. The fourth-order valence-corrected chi connectivity index (χ4v) is 1.80. The van der Waals surface area contributed by atoms with E-state index in [-0.39, 0.29) is 35.5 Å². The van der Waals surface area contributed by atoms with E-state index in [1.807, 2.05) is 0 Å². The number of hydrogen-bond acceptors (Lipinski definition) is 8. The van der Waals surface area contributed by atoms with Crippen molar-refractivity contribution in [2.45, 2.75) is 13.8 Å². The van der Waals surface area contributed by atoms with Crippen LogP contribution >= 0.6 is 0 Å². The second-order valence-corrected chi connectivity index (χ2v) is 4.68. The molecule has 132 valence electrons. The zero-order valence-electron chi connectivity index (χ0n) is 13.8. The molecule has 0 aliphatic carbocycles. The van der Waals surface area contributed by atoms with Crippen LogP contribution in [0.4, 0.5) is 11.6 Å². The Bertz CT molecular complexity index is 816. The lowest BCUT2D eigenvalue weighted by Gasteiger charge is -1.98. The number of amides is 1. The second kappa shape index (κ2) is 7.95. The summed E-state index contributed by atoms with van der Waals surface area (Å²) in [6.45, 7) is 3.12. The van der Waals surface area contributed by atoms with Crippen molar-refractivity contribution in [1.82, 2.24) is 0 Å². The van der Waals surface area contributed by atoms with Crippen molar-refractivity contribution in [2.24, 2.45) is 4.99 Å². The molecular weight excluding hydrogens is 332 g/mol. The van der Waals surface area contributed by atoms with Gasteiger partial charge in [-0.05, 0) is 19.1 Å². The number of aliphatic imine (C=N–C) groups is 1. The summed E-state index contributed by atoms with van der Waals surface area (Å²) in [5.74, 6) is -1.52.